The van der Waals surface area contributed by atoms with Gasteiger partial charge < -0.3 is 59.4 Å². The molecule has 104 heavy (non-hydrogen) atoms. The fourth-order valence-electron chi connectivity index (χ4n) is 25.9. The molecule has 10 heterocycles. The molecule has 28 nitrogen and oxygen atoms in total. The third-order valence-electron chi connectivity index (χ3n) is 30.0. The minimum atomic E-state index is -1.74. The second-order valence-electron chi connectivity index (χ2n) is 34.2. The summed E-state index contributed by atoms with van der Waals surface area (Å²) in [5, 5.41) is 138. The van der Waals surface area contributed by atoms with Gasteiger partial charge in [0.05, 0.1) is 98.7 Å². The number of carboxylic acids is 6. The number of fused-ring (bicyclic) bond motifs is 40. The van der Waals surface area contributed by atoms with Gasteiger partial charge in [-0.3, -0.25) is 85.1 Å². The Bertz CT molecular complexity index is 2850. The van der Waals surface area contributed by atoms with E-state index in [0.717, 1.165) is 77.0 Å². The molecule has 16 bridgehead atoms. The summed E-state index contributed by atoms with van der Waals surface area (Å²) in [6.45, 7) is 0. The number of halogens is 3. The van der Waals surface area contributed by atoms with E-state index in [1.165, 1.54) is 77.0 Å². The van der Waals surface area contributed by atoms with Gasteiger partial charge in [0.25, 0.3) is 0 Å². The van der Waals surface area contributed by atoms with Gasteiger partial charge >= 0.3 is 81.0 Å². The van der Waals surface area contributed by atoms with Gasteiger partial charge in [0.1, 0.15) is 0 Å². The normalized spacial score (nSPS) is 50.6. The van der Waals surface area contributed by atoms with Crippen molar-refractivity contribution in [3.8, 4) is 0 Å². The number of rotatable bonds is 6. The summed E-state index contributed by atoms with van der Waals surface area (Å²) in [6, 6.07) is 0. The van der Waals surface area contributed by atoms with E-state index < -0.39 is 120 Å². The first-order valence-electron chi connectivity index (χ1n) is 39.3. The molecule has 8 saturated carbocycles. The van der Waals surface area contributed by atoms with Crippen molar-refractivity contribution >= 4 is 64.9 Å². The van der Waals surface area contributed by atoms with Crippen molar-refractivity contribution in [3.05, 3.63) is 0 Å². The van der Waals surface area contributed by atoms with Gasteiger partial charge in [0.2, 0.25) is 0 Å². The first-order valence-corrected chi connectivity index (χ1v) is 45.7. The minimum absolute atomic E-state index is 0.0220. The Balaban J connectivity index is 0.000000164. The summed E-state index contributed by atoms with van der Waals surface area (Å²) in [5.41, 5.74) is 0. The van der Waals surface area contributed by atoms with Crippen LogP contribution in [0.1, 0.15) is 167 Å². The van der Waals surface area contributed by atoms with Gasteiger partial charge in [-0.05, 0) is 173 Å². The molecule has 8 aliphatic carbocycles. The van der Waals surface area contributed by atoms with Crippen LogP contribution in [-0.2, 0) is 80.7 Å². The Labute approximate surface area is 652 Å². The molecule has 0 spiro atoms. The first-order chi connectivity index (χ1) is 50.5. The van der Waals surface area contributed by atoms with Gasteiger partial charge in [-0.2, -0.15) is 0 Å². The van der Waals surface area contributed by atoms with Crippen molar-refractivity contribution in [2.45, 2.75) is 266 Å². The van der Waals surface area contributed by atoms with Crippen molar-refractivity contribution in [2.24, 2.45) is 130 Å². The molecule has 0 aromatic heterocycles. The monoisotopic (exact) mass is 1780 g/mol. The van der Waals surface area contributed by atoms with Crippen LogP contribution >= 0.6 is 29.1 Å². The van der Waals surface area contributed by atoms with Crippen LogP contribution in [0.25, 0.3) is 0 Å². The molecule has 586 valence electrons. The predicted molar refractivity (Wildman–Crippen MR) is 355 cm³/mol. The summed E-state index contributed by atoms with van der Waals surface area (Å²) in [7, 11) is 13.6. The second-order valence-corrected chi connectivity index (χ2v) is 34.2. The third-order valence-corrected chi connectivity index (χ3v) is 30.0. The molecule has 18 rings (SSSR count). The number of hydrogen-bond acceptors (Lipinski definition) is 28. The zero-order valence-corrected chi connectivity index (χ0v) is 65.5. The molecule has 16 N–H and O–H groups in total. The molecule has 10 aliphatic heterocycles. The Kier molecular flexibility index (Phi) is 26.6. The van der Waals surface area contributed by atoms with Crippen molar-refractivity contribution in [1.82, 2.24) is 85.1 Å². The molecule has 34 heteroatoms. The number of carbonyl (C=O) groups is 6. The molecule has 18 fully saturated rings. The fourth-order valence-corrected chi connectivity index (χ4v) is 25.9. The van der Waals surface area contributed by atoms with Crippen LogP contribution < -0.4 is 116 Å². The maximum atomic E-state index is 12.9. The standard InChI is InChI=1S/2C35H56N8O6.3ClH.3Rh/c2*44-33(45)21-13-20-22(24(35(48)49)23(21)34(46)47)32-42-30-19-12-6-5-11-18(19)28(40-30)38-26-15-8-2-1-7-14(15)25(36-26)37-27-16-9-3-4-10-17(16)29(39-27)41-31(20)43-32;;;;;;/h2*14-32,36-43H,1-13H2,(H,44,45)(H,46,47)(H,48,49);3*1H;;;/q;;;;;3*+3/p-9. The third kappa shape index (κ3) is 15.3. The molecule has 0 aromatic carbocycles. The van der Waals surface area contributed by atoms with Crippen LogP contribution in [-0.4, -0.2) is 134 Å². The molecular formula is C70H106Cl3N16O12Rh3. The van der Waals surface area contributed by atoms with Crippen molar-refractivity contribution in [2.75, 3.05) is 0 Å². The zero-order chi connectivity index (χ0) is 73.1. The van der Waals surface area contributed by atoms with Gasteiger partial charge in [-0.15, -0.1) is 0 Å². The number of carbonyl (C=O) groups excluding carboxylic acids is 6. The Morgan fingerprint density at radius 1 is 0.202 bits per heavy atom. The molecule has 38 atom stereocenters. The summed E-state index contributed by atoms with van der Waals surface area (Å²) in [6.07, 6.45) is 26.3. The maximum absolute atomic E-state index is 12.9. The van der Waals surface area contributed by atoms with Crippen molar-refractivity contribution < 1.29 is 111 Å². The van der Waals surface area contributed by atoms with Crippen molar-refractivity contribution in [1.29, 1.82) is 0 Å². The van der Waals surface area contributed by atoms with Crippen molar-refractivity contribution in [3.63, 3.8) is 0 Å². The number of nitrogens with one attached hydrogen (secondary N) is 16. The molecule has 38 unspecified atom stereocenters. The van der Waals surface area contributed by atoms with Gasteiger partial charge in [0, 0.05) is 83.2 Å². The van der Waals surface area contributed by atoms with E-state index in [9.17, 15) is 59.4 Å². The number of carboxylic acid groups (broad SMARTS) is 6. The average Bonchev–Trinajstić information content (AvgIpc) is 1.56. The Morgan fingerprint density at radius 2 is 0.337 bits per heavy atom. The Morgan fingerprint density at radius 3 is 0.471 bits per heavy atom. The van der Waals surface area contributed by atoms with Crippen LogP contribution in [0.15, 0.2) is 0 Å². The Hall–Kier alpha value is -1.08. The topological polar surface area (TPSA) is 433 Å². The quantitative estimate of drug-likeness (QED) is 0.111. The zero-order valence-electron chi connectivity index (χ0n) is 58.4. The van der Waals surface area contributed by atoms with Crippen LogP contribution in [0.4, 0.5) is 0 Å². The van der Waals surface area contributed by atoms with E-state index in [1.807, 2.05) is 51.9 Å². The first kappa shape index (κ1) is 79.6. The molecule has 0 aromatic rings. The summed E-state index contributed by atoms with van der Waals surface area (Å²) < 4.78 is 0. The second kappa shape index (κ2) is 34.7. The summed E-state index contributed by atoms with van der Waals surface area (Å²) in [5.74, 6) is -16.4. The molecule has 18 aliphatic rings. The molecule has 10 saturated heterocycles. The van der Waals surface area contributed by atoms with Gasteiger partial charge in [-0.25, -0.2) is 0 Å². The van der Waals surface area contributed by atoms with Crippen LogP contribution in [0.5, 0.6) is 0 Å². The summed E-state index contributed by atoms with van der Waals surface area (Å²) >= 11 is 6.07. The van der Waals surface area contributed by atoms with E-state index in [1.54, 1.807) is 0 Å². The number of aliphatic carboxylic acids is 6. The fraction of sp³-hybridized carbons (Fsp3) is 0.914. The van der Waals surface area contributed by atoms with Crippen LogP contribution in [0, 0.1) is 130 Å². The van der Waals surface area contributed by atoms with E-state index in [2.05, 4.69) is 114 Å². The predicted octanol–water partition coefficient (Wildman–Crippen LogP) is -4.87. The van der Waals surface area contributed by atoms with Gasteiger partial charge in [-0.1, -0.05) is 77.0 Å². The summed E-state index contributed by atoms with van der Waals surface area (Å²) in [4.78, 5) is 75.6. The molecule has 0 amide bonds. The van der Waals surface area contributed by atoms with E-state index in [4.69, 9.17) is 0 Å². The average molecular weight is 1780 g/mol. The number of hydrogen-bond donors (Lipinski definition) is 16. The van der Waals surface area contributed by atoms with E-state index in [0.29, 0.717) is 71.0 Å². The van der Waals surface area contributed by atoms with Crippen LogP contribution in [0.3, 0.4) is 0 Å². The SMILES string of the molecule is O=C([O-])C1CC2C3NC4NC(NC5NC(NC6NC(NC(N3)C2C(C(=O)[O-])C1C(=O)[O-])C1CCCCC61)C1CCCCC51)C1CCCCC41.O=C([O-])C1CC2C3NC4NC(NC5NC(NC6NC(NC(N3)C2C(C(=O)[O-])C1C(=O)[O-])C1CCCCC61)C1CCCCC51)C1CCCCC41.[Cl][Rh+2].[Cl][Rh+2].[Cl][Rh+2]. The molecular weight excluding hydrogens is 1670 g/mol. The van der Waals surface area contributed by atoms with Gasteiger partial charge in [0.15, 0.2) is 0 Å². The van der Waals surface area contributed by atoms with E-state index in [-0.39, 0.29) is 86.8 Å². The molecule has 0 radical (unpaired) electrons. The van der Waals surface area contributed by atoms with E-state index >= 15 is 0 Å². The van der Waals surface area contributed by atoms with Crippen LogP contribution in [0.2, 0.25) is 0 Å².